The first-order valence-electron chi connectivity index (χ1n) is 8.95. The van der Waals surface area contributed by atoms with E-state index >= 15 is 0 Å². The third-order valence-corrected chi connectivity index (χ3v) is 7.13. The lowest BCUT2D eigenvalue weighted by Crippen LogP contribution is -1.89. The molecule has 0 saturated heterocycles. The Balaban J connectivity index is 1.88. The summed E-state index contributed by atoms with van der Waals surface area (Å²) >= 11 is 3.74. The molecule has 26 heavy (non-hydrogen) atoms. The highest BCUT2D eigenvalue weighted by Gasteiger charge is 2.09. The van der Waals surface area contributed by atoms with Crippen molar-refractivity contribution in [2.75, 3.05) is 0 Å². The van der Waals surface area contributed by atoms with Gasteiger partial charge in [0.15, 0.2) is 0 Å². The SMILES string of the molecule is Cc1cc(C)c(Sc2cccc(Sc3c(C)cc(C)cc3C)c2)c(C)c1. The molecule has 0 unspecified atom stereocenters. The van der Waals surface area contributed by atoms with Crippen LogP contribution in [0.2, 0.25) is 0 Å². The van der Waals surface area contributed by atoms with Crippen LogP contribution in [-0.4, -0.2) is 0 Å². The van der Waals surface area contributed by atoms with Crippen LogP contribution in [0.4, 0.5) is 0 Å². The summed E-state index contributed by atoms with van der Waals surface area (Å²) in [7, 11) is 0. The van der Waals surface area contributed by atoms with Gasteiger partial charge in [-0.05, 0) is 82.0 Å². The monoisotopic (exact) mass is 378 g/mol. The lowest BCUT2D eigenvalue weighted by molar-refractivity contribution is 1.18. The molecule has 0 bridgehead atoms. The Labute approximate surface area is 166 Å². The van der Waals surface area contributed by atoms with Crippen LogP contribution in [0.1, 0.15) is 33.4 Å². The van der Waals surface area contributed by atoms with Gasteiger partial charge in [-0.15, -0.1) is 0 Å². The van der Waals surface area contributed by atoms with Gasteiger partial charge < -0.3 is 0 Å². The summed E-state index contributed by atoms with van der Waals surface area (Å²) in [6.45, 7) is 13.2. The van der Waals surface area contributed by atoms with Crippen LogP contribution in [0.25, 0.3) is 0 Å². The smallest absolute Gasteiger partial charge is 0.0181 e. The van der Waals surface area contributed by atoms with Gasteiger partial charge in [-0.2, -0.15) is 0 Å². The molecule has 0 heterocycles. The van der Waals surface area contributed by atoms with Crippen LogP contribution in [0, 0.1) is 41.5 Å². The van der Waals surface area contributed by atoms with Crippen molar-refractivity contribution in [3.05, 3.63) is 81.9 Å². The van der Waals surface area contributed by atoms with E-state index in [2.05, 4.69) is 90.1 Å². The minimum Gasteiger partial charge on any atom is -0.0895 e. The fourth-order valence-electron chi connectivity index (χ4n) is 3.49. The highest BCUT2D eigenvalue weighted by atomic mass is 32.2. The van der Waals surface area contributed by atoms with Gasteiger partial charge in [0.25, 0.3) is 0 Å². The Morgan fingerprint density at radius 1 is 0.500 bits per heavy atom. The molecule has 0 aliphatic rings. The molecule has 0 aliphatic carbocycles. The average Bonchev–Trinajstić information content (AvgIpc) is 2.55. The fourth-order valence-corrected chi connectivity index (χ4v) is 5.58. The van der Waals surface area contributed by atoms with Crippen molar-refractivity contribution in [2.24, 2.45) is 0 Å². The van der Waals surface area contributed by atoms with E-state index in [1.54, 1.807) is 0 Å². The highest BCUT2D eigenvalue weighted by Crippen LogP contribution is 2.38. The summed E-state index contributed by atoms with van der Waals surface area (Å²) < 4.78 is 0. The number of hydrogen-bond acceptors (Lipinski definition) is 2. The van der Waals surface area contributed by atoms with Crippen LogP contribution in [-0.2, 0) is 0 Å². The Morgan fingerprint density at radius 3 is 1.19 bits per heavy atom. The Kier molecular flexibility index (Phi) is 5.84. The molecule has 0 nitrogen and oxygen atoms in total. The molecule has 0 spiro atoms. The lowest BCUT2D eigenvalue weighted by atomic mass is 10.1. The van der Waals surface area contributed by atoms with Crippen LogP contribution in [0.15, 0.2) is 68.1 Å². The minimum atomic E-state index is 1.30. The first kappa shape index (κ1) is 19.1. The molecular formula is C24H26S2. The Morgan fingerprint density at radius 2 is 0.846 bits per heavy atom. The molecule has 0 radical (unpaired) electrons. The van der Waals surface area contributed by atoms with Crippen molar-refractivity contribution in [3.8, 4) is 0 Å². The molecule has 0 amide bonds. The molecule has 0 saturated carbocycles. The molecular weight excluding hydrogens is 352 g/mol. The largest absolute Gasteiger partial charge is 0.0895 e. The molecule has 3 rings (SSSR count). The number of rotatable bonds is 4. The van der Waals surface area contributed by atoms with Crippen LogP contribution >= 0.6 is 23.5 Å². The van der Waals surface area contributed by atoms with Crippen LogP contribution < -0.4 is 0 Å². The molecule has 0 aliphatic heterocycles. The summed E-state index contributed by atoms with van der Waals surface area (Å²) in [5.41, 5.74) is 8.09. The van der Waals surface area contributed by atoms with Gasteiger partial charge in [0.1, 0.15) is 0 Å². The van der Waals surface area contributed by atoms with E-state index < -0.39 is 0 Å². The summed E-state index contributed by atoms with van der Waals surface area (Å²) in [5.74, 6) is 0. The van der Waals surface area contributed by atoms with Crippen molar-refractivity contribution in [3.63, 3.8) is 0 Å². The maximum Gasteiger partial charge on any atom is 0.0181 e. The van der Waals surface area contributed by atoms with E-state index in [4.69, 9.17) is 0 Å². The summed E-state index contributed by atoms with van der Waals surface area (Å²) in [5, 5.41) is 0. The second kappa shape index (κ2) is 7.94. The molecule has 134 valence electrons. The normalized spacial score (nSPS) is 11.0. The first-order chi connectivity index (χ1) is 12.3. The highest BCUT2D eigenvalue weighted by molar-refractivity contribution is 8.00. The van der Waals surface area contributed by atoms with Crippen molar-refractivity contribution in [1.82, 2.24) is 0 Å². The zero-order valence-electron chi connectivity index (χ0n) is 16.4. The molecule has 0 aromatic heterocycles. The topological polar surface area (TPSA) is 0 Å². The molecule has 0 fully saturated rings. The van der Waals surface area contributed by atoms with Gasteiger partial charge >= 0.3 is 0 Å². The zero-order chi connectivity index (χ0) is 18.8. The first-order valence-corrected chi connectivity index (χ1v) is 10.6. The molecule has 0 N–H and O–H groups in total. The third-order valence-electron chi connectivity index (χ3n) is 4.45. The van der Waals surface area contributed by atoms with Gasteiger partial charge in [0, 0.05) is 19.6 Å². The Bertz CT molecular complexity index is 833. The van der Waals surface area contributed by atoms with E-state index in [0.29, 0.717) is 0 Å². The average molecular weight is 379 g/mol. The van der Waals surface area contributed by atoms with E-state index in [1.165, 1.54) is 53.0 Å². The van der Waals surface area contributed by atoms with Crippen molar-refractivity contribution < 1.29 is 0 Å². The summed E-state index contributed by atoms with van der Waals surface area (Å²) in [6.07, 6.45) is 0. The lowest BCUT2D eigenvalue weighted by Gasteiger charge is -2.13. The molecule has 3 aromatic rings. The van der Waals surface area contributed by atoms with E-state index in [0.717, 1.165) is 0 Å². The molecule has 0 atom stereocenters. The molecule has 2 heteroatoms. The second-order valence-electron chi connectivity index (χ2n) is 7.13. The summed E-state index contributed by atoms with van der Waals surface area (Å²) in [6, 6.07) is 18.0. The van der Waals surface area contributed by atoms with Gasteiger partial charge in [0.2, 0.25) is 0 Å². The van der Waals surface area contributed by atoms with Gasteiger partial charge in [0.05, 0.1) is 0 Å². The van der Waals surface area contributed by atoms with E-state index in [1.807, 2.05) is 23.5 Å². The van der Waals surface area contributed by atoms with Crippen molar-refractivity contribution >= 4 is 23.5 Å². The van der Waals surface area contributed by atoms with E-state index in [-0.39, 0.29) is 0 Å². The maximum atomic E-state index is 2.31. The second-order valence-corrected chi connectivity index (χ2v) is 9.30. The minimum absolute atomic E-state index is 1.30. The zero-order valence-corrected chi connectivity index (χ0v) is 18.1. The standard InChI is InChI=1S/C24H26S2/c1-15-10-17(3)23(18(4)11-15)25-21-8-7-9-22(14-21)26-24-19(5)12-16(2)13-20(24)6/h7-14H,1-6H3. The van der Waals surface area contributed by atoms with Gasteiger partial charge in [-0.25, -0.2) is 0 Å². The number of aryl methyl sites for hydroxylation is 6. The number of hydrogen-bond donors (Lipinski definition) is 0. The summed E-state index contributed by atoms with van der Waals surface area (Å²) in [4.78, 5) is 5.35. The maximum absolute atomic E-state index is 2.31. The predicted molar refractivity (Wildman–Crippen MR) is 116 cm³/mol. The van der Waals surface area contributed by atoms with Gasteiger partial charge in [-0.3, -0.25) is 0 Å². The fraction of sp³-hybridized carbons (Fsp3) is 0.250. The van der Waals surface area contributed by atoms with E-state index in [9.17, 15) is 0 Å². The molecule has 3 aromatic carbocycles. The van der Waals surface area contributed by atoms with Crippen LogP contribution in [0.3, 0.4) is 0 Å². The predicted octanol–water partition coefficient (Wildman–Crippen LogP) is 7.84. The van der Waals surface area contributed by atoms with Crippen molar-refractivity contribution in [1.29, 1.82) is 0 Å². The number of benzene rings is 3. The van der Waals surface area contributed by atoms with Crippen LogP contribution in [0.5, 0.6) is 0 Å². The quantitative estimate of drug-likeness (QED) is 0.453. The third kappa shape index (κ3) is 4.36. The Hall–Kier alpha value is -1.64. The van der Waals surface area contributed by atoms with Gasteiger partial charge in [-0.1, -0.05) is 65.0 Å². The van der Waals surface area contributed by atoms with Crippen molar-refractivity contribution in [2.45, 2.75) is 61.1 Å².